The average molecular weight is 636 g/mol. The van der Waals surface area contributed by atoms with Crippen molar-refractivity contribution in [3.8, 4) is 39.2 Å². The molecule has 0 saturated heterocycles. The van der Waals surface area contributed by atoms with Gasteiger partial charge >= 0.3 is 0 Å². The topological polar surface area (TPSA) is 4.93 Å². The van der Waals surface area contributed by atoms with Crippen molar-refractivity contribution in [3.63, 3.8) is 0 Å². The molecule has 0 aliphatic heterocycles. The van der Waals surface area contributed by atoms with E-state index in [4.69, 9.17) is 0 Å². The molecule has 0 spiro atoms. The van der Waals surface area contributed by atoms with Gasteiger partial charge in [-0.05, 0) is 125 Å². The number of fused-ring (bicyclic) bond motifs is 6. The first-order valence-electron chi connectivity index (χ1n) is 17.6. The molecular formula is C49H33N. The van der Waals surface area contributed by atoms with E-state index < -0.39 is 0 Å². The quantitative estimate of drug-likeness (QED) is 0.170. The second-order valence-electron chi connectivity index (χ2n) is 14.5. The molecule has 1 aliphatic carbocycles. The van der Waals surface area contributed by atoms with Gasteiger partial charge in [0.05, 0.1) is 11.2 Å². The number of para-hydroxylation sites is 1. The molecule has 0 atom stereocenters. The van der Waals surface area contributed by atoms with Gasteiger partial charge in [0.1, 0.15) is 0 Å². The van der Waals surface area contributed by atoms with Gasteiger partial charge in [0.2, 0.25) is 0 Å². The van der Waals surface area contributed by atoms with Gasteiger partial charge in [-0.15, -0.1) is 0 Å². The van der Waals surface area contributed by atoms with Crippen molar-refractivity contribution in [2.45, 2.75) is 19.3 Å². The van der Waals surface area contributed by atoms with Crippen LogP contribution in [0.4, 0.5) is 0 Å². The normalized spacial score (nSPS) is 13.6. The Morgan fingerprint density at radius 1 is 0.420 bits per heavy atom. The summed E-state index contributed by atoms with van der Waals surface area (Å²) in [6.45, 7) is 4.77. The van der Waals surface area contributed by atoms with E-state index in [0.29, 0.717) is 0 Å². The Hall–Kier alpha value is -6.18. The summed E-state index contributed by atoms with van der Waals surface area (Å²) in [5.74, 6) is 0. The smallest absolute Gasteiger partial charge is 0.0584 e. The van der Waals surface area contributed by atoms with Crippen molar-refractivity contribution in [2.24, 2.45) is 0 Å². The average Bonchev–Trinajstić information content (AvgIpc) is 3.63. The Morgan fingerprint density at radius 2 is 1.02 bits per heavy atom. The summed E-state index contributed by atoms with van der Waals surface area (Å²) in [7, 11) is 0. The molecule has 1 heterocycles. The molecule has 11 rings (SSSR count). The molecule has 1 aromatic heterocycles. The van der Waals surface area contributed by atoms with Gasteiger partial charge < -0.3 is 4.57 Å². The standard InChI is InChI=1S/C49H33N/c1-49(2)43-18-9-8-16-41(43)48-47(49)42-29-31(23-24-44(42)50(48)38-13-4-3-5-14-38)36-25-32-19-21-34-27-37(28-35-22-20-33(26-36)45(32)46(34)35)40-17-10-12-30-11-6-7-15-39(30)40/h3-29H,1-2H3. The summed E-state index contributed by atoms with van der Waals surface area (Å²) >= 11 is 0. The van der Waals surface area contributed by atoms with Crippen LogP contribution in [-0.2, 0) is 5.41 Å². The van der Waals surface area contributed by atoms with Crippen molar-refractivity contribution in [1.29, 1.82) is 0 Å². The van der Waals surface area contributed by atoms with Crippen molar-refractivity contribution in [3.05, 3.63) is 175 Å². The number of hydrogen-bond donors (Lipinski definition) is 0. The molecule has 0 N–H and O–H groups in total. The molecule has 0 unspecified atom stereocenters. The minimum atomic E-state index is -0.110. The molecule has 9 aromatic carbocycles. The van der Waals surface area contributed by atoms with Crippen molar-refractivity contribution < 1.29 is 0 Å². The van der Waals surface area contributed by atoms with Crippen LogP contribution >= 0.6 is 0 Å². The molecule has 234 valence electrons. The van der Waals surface area contributed by atoms with Crippen LogP contribution in [0.3, 0.4) is 0 Å². The maximum absolute atomic E-state index is 2.48. The van der Waals surface area contributed by atoms with E-state index in [-0.39, 0.29) is 5.41 Å². The zero-order valence-electron chi connectivity index (χ0n) is 28.0. The summed E-state index contributed by atoms with van der Waals surface area (Å²) in [6, 6.07) is 61.1. The Morgan fingerprint density at radius 3 is 1.76 bits per heavy atom. The molecule has 0 fully saturated rings. The summed E-state index contributed by atoms with van der Waals surface area (Å²) in [4.78, 5) is 0. The zero-order valence-corrected chi connectivity index (χ0v) is 28.0. The van der Waals surface area contributed by atoms with E-state index in [1.807, 2.05) is 0 Å². The van der Waals surface area contributed by atoms with E-state index in [1.54, 1.807) is 0 Å². The molecule has 1 nitrogen and oxygen atoms in total. The summed E-state index contributed by atoms with van der Waals surface area (Å²) < 4.78 is 2.48. The Labute approximate surface area is 291 Å². The second-order valence-corrected chi connectivity index (χ2v) is 14.5. The first kappa shape index (κ1) is 27.7. The first-order valence-corrected chi connectivity index (χ1v) is 17.6. The summed E-state index contributed by atoms with van der Waals surface area (Å²) in [6.07, 6.45) is 0. The number of nitrogens with zero attached hydrogens (tertiary/aromatic N) is 1. The molecule has 1 heteroatoms. The Kier molecular flexibility index (Phi) is 5.51. The third-order valence-electron chi connectivity index (χ3n) is 11.4. The molecule has 0 amide bonds. The largest absolute Gasteiger partial charge is 0.309 e. The predicted molar refractivity (Wildman–Crippen MR) is 213 cm³/mol. The molecular weight excluding hydrogens is 603 g/mol. The van der Waals surface area contributed by atoms with Gasteiger partial charge in [-0.25, -0.2) is 0 Å². The maximum atomic E-state index is 2.48. The fourth-order valence-corrected chi connectivity index (χ4v) is 9.21. The van der Waals surface area contributed by atoms with Crippen molar-refractivity contribution >= 4 is 54.0 Å². The van der Waals surface area contributed by atoms with Gasteiger partial charge in [-0.2, -0.15) is 0 Å². The van der Waals surface area contributed by atoms with Gasteiger partial charge in [0.25, 0.3) is 0 Å². The van der Waals surface area contributed by atoms with E-state index in [0.717, 1.165) is 0 Å². The zero-order chi connectivity index (χ0) is 33.1. The highest BCUT2D eigenvalue weighted by Gasteiger charge is 2.40. The molecule has 0 saturated carbocycles. The maximum Gasteiger partial charge on any atom is 0.0584 e. The van der Waals surface area contributed by atoms with Crippen molar-refractivity contribution in [1.82, 2.24) is 4.57 Å². The van der Waals surface area contributed by atoms with Crippen LogP contribution in [0.15, 0.2) is 164 Å². The van der Waals surface area contributed by atoms with E-state index in [1.165, 1.54) is 104 Å². The molecule has 50 heavy (non-hydrogen) atoms. The van der Waals surface area contributed by atoms with Gasteiger partial charge in [0, 0.05) is 22.1 Å². The monoisotopic (exact) mass is 635 g/mol. The minimum absolute atomic E-state index is 0.110. The van der Waals surface area contributed by atoms with Crippen LogP contribution in [0.25, 0.3) is 93.2 Å². The number of aromatic nitrogens is 1. The number of benzene rings is 9. The molecule has 1 aliphatic rings. The minimum Gasteiger partial charge on any atom is -0.309 e. The van der Waals surface area contributed by atoms with Gasteiger partial charge in [0.15, 0.2) is 0 Å². The number of hydrogen-bond acceptors (Lipinski definition) is 0. The van der Waals surface area contributed by atoms with Crippen LogP contribution in [0.2, 0.25) is 0 Å². The highest BCUT2D eigenvalue weighted by Crippen LogP contribution is 2.54. The molecule has 0 bridgehead atoms. The molecule has 0 radical (unpaired) electrons. The van der Waals surface area contributed by atoms with E-state index >= 15 is 0 Å². The lowest BCUT2D eigenvalue weighted by Gasteiger charge is -2.21. The van der Waals surface area contributed by atoms with Gasteiger partial charge in [-0.3, -0.25) is 0 Å². The van der Waals surface area contributed by atoms with Crippen LogP contribution in [-0.4, -0.2) is 4.57 Å². The predicted octanol–water partition coefficient (Wildman–Crippen LogP) is 13.3. The van der Waals surface area contributed by atoms with Crippen LogP contribution in [0.1, 0.15) is 25.0 Å². The highest BCUT2D eigenvalue weighted by molar-refractivity contribution is 6.25. The third-order valence-corrected chi connectivity index (χ3v) is 11.4. The van der Waals surface area contributed by atoms with Crippen LogP contribution < -0.4 is 0 Å². The van der Waals surface area contributed by atoms with Gasteiger partial charge in [-0.1, -0.05) is 129 Å². The second kappa shape index (κ2) is 9.94. The third kappa shape index (κ3) is 3.72. The Bertz CT molecular complexity index is 2920. The van der Waals surface area contributed by atoms with E-state index in [2.05, 4.69) is 182 Å². The Balaban J connectivity index is 1.10. The fourth-order valence-electron chi connectivity index (χ4n) is 9.21. The lowest BCUT2D eigenvalue weighted by atomic mass is 9.81. The van der Waals surface area contributed by atoms with E-state index in [9.17, 15) is 0 Å². The lowest BCUT2D eigenvalue weighted by Crippen LogP contribution is -2.14. The van der Waals surface area contributed by atoms with Crippen LogP contribution in [0.5, 0.6) is 0 Å². The van der Waals surface area contributed by atoms with Crippen molar-refractivity contribution in [2.75, 3.05) is 0 Å². The van der Waals surface area contributed by atoms with Crippen LogP contribution in [0, 0.1) is 0 Å². The summed E-state index contributed by atoms with van der Waals surface area (Å²) in [5.41, 5.74) is 12.9. The SMILES string of the molecule is CC1(C)c2ccccc2-c2c1c1cc(-c3cc4ccc5cc(-c6cccc7ccccc67)cc6ccc(c3)c4c56)ccc1n2-c1ccccc1. The fraction of sp³-hybridized carbons (Fsp3) is 0.0612. The molecule has 10 aromatic rings. The first-order chi connectivity index (χ1) is 24.5. The summed E-state index contributed by atoms with van der Waals surface area (Å²) in [5, 5.41) is 11.7. The lowest BCUT2D eigenvalue weighted by molar-refractivity contribution is 0.666. The highest BCUT2D eigenvalue weighted by atomic mass is 15.0. The number of rotatable bonds is 3.